The third-order valence-electron chi connectivity index (χ3n) is 1.68. The Bertz CT molecular complexity index is 273. The van der Waals surface area contributed by atoms with Crippen LogP contribution in [0, 0.1) is 5.82 Å². The van der Waals surface area contributed by atoms with E-state index in [4.69, 9.17) is 10.5 Å². The first-order valence-electron chi connectivity index (χ1n) is 3.74. The molecule has 1 aromatic carbocycles. The topological polar surface area (TPSA) is 35.2 Å². The summed E-state index contributed by atoms with van der Waals surface area (Å²) in [4.78, 5) is 0. The SMILES string of the molecule is COc1ccc(F)cc1C(C)N. The van der Waals surface area contributed by atoms with E-state index in [0.717, 1.165) is 0 Å². The summed E-state index contributed by atoms with van der Waals surface area (Å²) in [5.74, 6) is 0.342. The summed E-state index contributed by atoms with van der Waals surface area (Å²) in [6.07, 6.45) is 0. The zero-order chi connectivity index (χ0) is 9.14. The second kappa shape index (κ2) is 3.54. The Kier molecular flexibility index (Phi) is 2.65. The minimum absolute atomic E-state index is 0.212. The van der Waals surface area contributed by atoms with E-state index >= 15 is 0 Å². The molecule has 0 saturated heterocycles. The highest BCUT2D eigenvalue weighted by Gasteiger charge is 2.07. The highest BCUT2D eigenvalue weighted by molar-refractivity contribution is 5.35. The second-order valence-electron chi connectivity index (χ2n) is 2.67. The molecule has 0 spiro atoms. The standard InChI is InChI=1S/C9H12FNO/c1-6(11)8-5-7(10)3-4-9(8)12-2/h3-6H,11H2,1-2H3. The van der Waals surface area contributed by atoms with Crippen molar-refractivity contribution in [3.8, 4) is 5.75 Å². The maximum absolute atomic E-state index is 12.7. The normalized spacial score (nSPS) is 12.7. The second-order valence-corrected chi connectivity index (χ2v) is 2.67. The summed E-state index contributed by atoms with van der Waals surface area (Å²) in [6.45, 7) is 1.79. The molecule has 2 nitrogen and oxygen atoms in total. The van der Waals surface area contributed by atoms with Crippen LogP contribution in [-0.4, -0.2) is 7.11 Å². The fourth-order valence-electron chi connectivity index (χ4n) is 1.06. The minimum Gasteiger partial charge on any atom is -0.496 e. The lowest BCUT2D eigenvalue weighted by Gasteiger charge is -2.10. The van der Waals surface area contributed by atoms with Gasteiger partial charge < -0.3 is 10.5 Å². The minimum atomic E-state index is -0.289. The number of ether oxygens (including phenoxy) is 1. The van der Waals surface area contributed by atoms with E-state index in [2.05, 4.69) is 0 Å². The van der Waals surface area contributed by atoms with Gasteiger partial charge in [-0.2, -0.15) is 0 Å². The van der Waals surface area contributed by atoms with Crippen LogP contribution in [0.3, 0.4) is 0 Å². The lowest BCUT2D eigenvalue weighted by molar-refractivity contribution is 0.405. The lowest BCUT2D eigenvalue weighted by Crippen LogP contribution is -2.07. The average Bonchev–Trinajstić information content (AvgIpc) is 2.04. The van der Waals surface area contributed by atoms with Gasteiger partial charge in [0.15, 0.2) is 0 Å². The number of hydrogen-bond donors (Lipinski definition) is 1. The molecule has 0 fully saturated rings. The maximum Gasteiger partial charge on any atom is 0.123 e. The Morgan fingerprint density at radius 1 is 1.50 bits per heavy atom. The Hall–Kier alpha value is -1.09. The molecule has 1 atom stereocenters. The summed E-state index contributed by atoms with van der Waals surface area (Å²) < 4.78 is 17.7. The van der Waals surface area contributed by atoms with Crippen molar-refractivity contribution < 1.29 is 9.13 Å². The van der Waals surface area contributed by atoms with Crippen molar-refractivity contribution in [1.29, 1.82) is 0 Å². The largest absolute Gasteiger partial charge is 0.496 e. The van der Waals surface area contributed by atoms with Crippen molar-refractivity contribution in [2.24, 2.45) is 5.73 Å². The van der Waals surface area contributed by atoms with Crippen LogP contribution in [0.4, 0.5) is 4.39 Å². The van der Waals surface area contributed by atoms with Gasteiger partial charge in [-0.15, -0.1) is 0 Å². The number of benzene rings is 1. The highest BCUT2D eigenvalue weighted by Crippen LogP contribution is 2.23. The van der Waals surface area contributed by atoms with Gasteiger partial charge in [0.25, 0.3) is 0 Å². The molecule has 66 valence electrons. The maximum atomic E-state index is 12.7. The van der Waals surface area contributed by atoms with E-state index in [-0.39, 0.29) is 11.9 Å². The quantitative estimate of drug-likeness (QED) is 0.733. The van der Waals surface area contributed by atoms with Crippen LogP contribution in [0.15, 0.2) is 18.2 Å². The average molecular weight is 169 g/mol. The molecule has 12 heavy (non-hydrogen) atoms. The van der Waals surface area contributed by atoms with E-state index in [1.165, 1.54) is 12.1 Å². The number of rotatable bonds is 2. The molecule has 0 saturated carbocycles. The van der Waals surface area contributed by atoms with Gasteiger partial charge in [-0.25, -0.2) is 4.39 Å². The number of halogens is 1. The van der Waals surface area contributed by atoms with Crippen LogP contribution >= 0.6 is 0 Å². The molecule has 0 aliphatic carbocycles. The molecule has 0 bridgehead atoms. The van der Waals surface area contributed by atoms with Gasteiger partial charge in [0.05, 0.1) is 7.11 Å². The molecule has 1 rings (SSSR count). The van der Waals surface area contributed by atoms with Gasteiger partial charge in [-0.3, -0.25) is 0 Å². The number of hydrogen-bond acceptors (Lipinski definition) is 2. The van der Waals surface area contributed by atoms with Crippen molar-refractivity contribution in [2.45, 2.75) is 13.0 Å². The first-order chi connectivity index (χ1) is 5.65. The first kappa shape index (κ1) is 9.00. The van der Waals surface area contributed by atoms with Crippen LogP contribution in [-0.2, 0) is 0 Å². The fourth-order valence-corrected chi connectivity index (χ4v) is 1.06. The molecule has 0 radical (unpaired) electrons. The van der Waals surface area contributed by atoms with Crippen LogP contribution in [0.25, 0.3) is 0 Å². The molecule has 0 amide bonds. The summed E-state index contributed by atoms with van der Waals surface area (Å²) >= 11 is 0. The molecule has 2 N–H and O–H groups in total. The van der Waals surface area contributed by atoms with Gasteiger partial charge in [-0.05, 0) is 25.1 Å². The number of nitrogens with two attached hydrogens (primary N) is 1. The molecule has 1 unspecified atom stereocenters. The van der Waals surface area contributed by atoms with Gasteiger partial charge in [0, 0.05) is 11.6 Å². The van der Waals surface area contributed by atoms with Crippen LogP contribution in [0.5, 0.6) is 5.75 Å². The van der Waals surface area contributed by atoms with E-state index in [1.807, 2.05) is 0 Å². The predicted molar refractivity (Wildman–Crippen MR) is 45.6 cm³/mol. The van der Waals surface area contributed by atoms with Crippen LogP contribution < -0.4 is 10.5 Å². The zero-order valence-electron chi connectivity index (χ0n) is 7.17. The smallest absolute Gasteiger partial charge is 0.123 e. The molecule has 0 heterocycles. The monoisotopic (exact) mass is 169 g/mol. The van der Waals surface area contributed by atoms with Crippen molar-refractivity contribution in [1.82, 2.24) is 0 Å². The third kappa shape index (κ3) is 1.74. The number of methoxy groups -OCH3 is 1. The van der Waals surface area contributed by atoms with E-state index in [1.54, 1.807) is 20.1 Å². The van der Waals surface area contributed by atoms with Crippen molar-refractivity contribution >= 4 is 0 Å². The summed E-state index contributed by atoms with van der Waals surface area (Å²) in [6, 6.07) is 4.11. The first-order valence-corrected chi connectivity index (χ1v) is 3.74. The Morgan fingerprint density at radius 2 is 2.17 bits per heavy atom. The van der Waals surface area contributed by atoms with Crippen LogP contribution in [0.1, 0.15) is 18.5 Å². The van der Waals surface area contributed by atoms with Gasteiger partial charge in [0.1, 0.15) is 11.6 Å². The zero-order valence-corrected chi connectivity index (χ0v) is 7.17. The molecule has 0 aliphatic rings. The molecular weight excluding hydrogens is 157 g/mol. The summed E-state index contributed by atoms with van der Waals surface area (Å²) in [5.41, 5.74) is 6.30. The van der Waals surface area contributed by atoms with Gasteiger partial charge in [-0.1, -0.05) is 0 Å². The molecule has 3 heteroatoms. The van der Waals surface area contributed by atoms with Crippen molar-refractivity contribution in [3.05, 3.63) is 29.6 Å². The van der Waals surface area contributed by atoms with E-state index < -0.39 is 0 Å². The summed E-state index contributed by atoms with van der Waals surface area (Å²) in [5, 5.41) is 0. The lowest BCUT2D eigenvalue weighted by atomic mass is 10.1. The Balaban J connectivity index is 3.12. The molecule has 0 aliphatic heterocycles. The van der Waals surface area contributed by atoms with Crippen LogP contribution in [0.2, 0.25) is 0 Å². The van der Waals surface area contributed by atoms with Gasteiger partial charge >= 0.3 is 0 Å². The highest BCUT2D eigenvalue weighted by atomic mass is 19.1. The van der Waals surface area contributed by atoms with Crippen molar-refractivity contribution in [3.63, 3.8) is 0 Å². The third-order valence-corrected chi connectivity index (χ3v) is 1.68. The van der Waals surface area contributed by atoms with E-state index in [9.17, 15) is 4.39 Å². The molecule has 0 aromatic heterocycles. The van der Waals surface area contributed by atoms with Gasteiger partial charge in [0.2, 0.25) is 0 Å². The Labute approximate surface area is 71.1 Å². The molecule has 1 aromatic rings. The van der Waals surface area contributed by atoms with E-state index in [0.29, 0.717) is 11.3 Å². The van der Waals surface area contributed by atoms with Crippen molar-refractivity contribution in [2.75, 3.05) is 7.11 Å². The predicted octanol–water partition coefficient (Wildman–Crippen LogP) is 1.85. The Morgan fingerprint density at radius 3 is 2.67 bits per heavy atom. The molecular formula is C9H12FNO. The summed E-state index contributed by atoms with van der Waals surface area (Å²) in [7, 11) is 1.54. The fraction of sp³-hybridized carbons (Fsp3) is 0.333.